The molecule has 0 bridgehead atoms. The van der Waals surface area contributed by atoms with Crippen molar-refractivity contribution < 1.29 is 4.79 Å². The number of anilines is 1. The largest absolute Gasteiger partial charge is 0.361 e. The number of benzene rings is 1. The average molecular weight is 289 g/mol. The molecule has 1 aliphatic rings. The number of aromatic amines is 1. The summed E-state index contributed by atoms with van der Waals surface area (Å²) in [4.78, 5) is 15.1. The highest BCUT2D eigenvalue weighted by molar-refractivity contribution is 8.00. The Hall–Kier alpha value is -1.46. The first-order chi connectivity index (χ1) is 9.81. The van der Waals surface area contributed by atoms with Gasteiger partial charge in [0.25, 0.3) is 0 Å². The molecule has 1 aliphatic heterocycles. The molecule has 5 heteroatoms. The fourth-order valence-corrected chi connectivity index (χ4v) is 3.51. The summed E-state index contributed by atoms with van der Waals surface area (Å²) >= 11 is 1.77. The Morgan fingerprint density at radius 1 is 1.30 bits per heavy atom. The monoisotopic (exact) mass is 289 g/mol. The van der Waals surface area contributed by atoms with Crippen LogP contribution in [0.25, 0.3) is 10.9 Å². The van der Waals surface area contributed by atoms with Crippen LogP contribution in [0.5, 0.6) is 0 Å². The van der Waals surface area contributed by atoms with Gasteiger partial charge in [-0.25, -0.2) is 0 Å². The van der Waals surface area contributed by atoms with E-state index in [9.17, 15) is 4.79 Å². The number of hydrogen-bond donors (Lipinski definition) is 3. The zero-order chi connectivity index (χ0) is 13.8. The van der Waals surface area contributed by atoms with Crippen molar-refractivity contribution in [1.29, 1.82) is 0 Å². The second-order valence-corrected chi connectivity index (χ2v) is 6.38. The molecular formula is C15H19N3OS. The van der Waals surface area contributed by atoms with Crippen molar-refractivity contribution in [2.75, 3.05) is 24.2 Å². The van der Waals surface area contributed by atoms with Crippen LogP contribution in [-0.2, 0) is 4.79 Å². The fraction of sp³-hybridized carbons (Fsp3) is 0.400. The molecule has 1 amide bonds. The summed E-state index contributed by atoms with van der Waals surface area (Å²) in [6.45, 7) is 2.15. The molecule has 3 N–H and O–H groups in total. The highest BCUT2D eigenvalue weighted by Gasteiger charge is 2.15. The molecule has 1 aromatic carbocycles. The minimum atomic E-state index is 0.0865. The second-order valence-electron chi connectivity index (χ2n) is 5.09. The molecule has 1 saturated heterocycles. The zero-order valence-electron chi connectivity index (χ0n) is 11.3. The lowest BCUT2D eigenvalue weighted by molar-refractivity contribution is -0.113. The third-order valence-corrected chi connectivity index (χ3v) is 4.95. The molecule has 0 radical (unpaired) electrons. The number of rotatable bonds is 4. The standard InChI is InChI=1S/C15H19N3OS/c19-15(10-20-13-4-6-16-7-5-13)18-12-1-2-14-11(9-12)3-8-17-14/h1-3,8-9,13,16-17H,4-7,10H2,(H,18,19). The van der Waals surface area contributed by atoms with E-state index in [1.807, 2.05) is 30.5 Å². The number of hydrogen-bond acceptors (Lipinski definition) is 3. The average Bonchev–Trinajstić information content (AvgIpc) is 2.94. The number of carbonyl (C=O) groups excluding carboxylic acids is 1. The minimum Gasteiger partial charge on any atom is -0.361 e. The molecule has 3 rings (SSSR count). The maximum Gasteiger partial charge on any atom is 0.234 e. The summed E-state index contributed by atoms with van der Waals surface area (Å²) in [6, 6.07) is 7.94. The number of thioether (sulfide) groups is 1. The van der Waals surface area contributed by atoms with Gasteiger partial charge in [-0.05, 0) is 50.2 Å². The van der Waals surface area contributed by atoms with Crippen LogP contribution in [0.4, 0.5) is 5.69 Å². The topological polar surface area (TPSA) is 56.9 Å². The van der Waals surface area contributed by atoms with Gasteiger partial charge >= 0.3 is 0 Å². The van der Waals surface area contributed by atoms with Crippen molar-refractivity contribution in [2.24, 2.45) is 0 Å². The molecule has 106 valence electrons. The summed E-state index contributed by atoms with van der Waals surface area (Å²) in [5.41, 5.74) is 1.96. The molecule has 0 unspecified atom stereocenters. The third-order valence-electron chi connectivity index (χ3n) is 3.57. The van der Waals surface area contributed by atoms with Gasteiger partial charge in [-0.3, -0.25) is 4.79 Å². The highest BCUT2D eigenvalue weighted by Crippen LogP contribution is 2.21. The van der Waals surface area contributed by atoms with Gasteiger partial charge in [0, 0.05) is 28.0 Å². The van der Waals surface area contributed by atoms with Crippen molar-refractivity contribution >= 4 is 34.3 Å². The van der Waals surface area contributed by atoms with Crippen molar-refractivity contribution in [3.63, 3.8) is 0 Å². The molecule has 1 aromatic heterocycles. The normalized spacial score (nSPS) is 16.4. The van der Waals surface area contributed by atoms with Gasteiger partial charge in [0.05, 0.1) is 5.75 Å². The van der Waals surface area contributed by atoms with E-state index in [1.165, 1.54) is 0 Å². The lowest BCUT2D eigenvalue weighted by atomic mass is 10.2. The van der Waals surface area contributed by atoms with Gasteiger partial charge in [-0.2, -0.15) is 0 Å². The quantitative estimate of drug-likeness (QED) is 0.811. The Bertz CT molecular complexity index is 590. The lowest BCUT2D eigenvalue weighted by Gasteiger charge is -2.21. The molecule has 20 heavy (non-hydrogen) atoms. The van der Waals surface area contributed by atoms with E-state index in [2.05, 4.69) is 15.6 Å². The van der Waals surface area contributed by atoms with Crippen LogP contribution in [0, 0.1) is 0 Å². The maximum absolute atomic E-state index is 12.0. The number of amides is 1. The summed E-state index contributed by atoms with van der Waals surface area (Å²) in [5.74, 6) is 0.624. The van der Waals surface area contributed by atoms with Crippen molar-refractivity contribution in [3.8, 4) is 0 Å². The molecule has 4 nitrogen and oxygen atoms in total. The van der Waals surface area contributed by atoms with Crippen LogP contribution in [-0.4, -0.2) is 35.0 Å². The Labute approximate surface area is 122 Å². The number of piperidine rings is 1. The van der Waals surface area contributed by atoms with Crippen molar-refractivity contribution in [3.05, 3.63) is 30.5 Å². The summed E-state index contributed by atoms with van der Waals surface area (Å²) < 4.78 is 0. The first-order valence-electron chi connectivity index (χ1n) is 7.00. The van der Waals surface area contributed by atoms with Crippen LogP contribution in [0.3, 0.4) is 0 Å². The molecule has 0 spiro atoms. The van der Waals surface area contributed by atoms with Crippen LogP contribution < -0.4 is 10.6 Å². The van der Waals surface area contributed by atoms with Crippen LogP contribution in [0.1, 0.15) is 12.8 Å². The lowest BCUT2D eigenvalue weighted by Crippen LogP contribution is -2.30. The van der Waals surface area contributed by atoms with Gasteiger partial charge in [-0.1, -0.05) is 0 Å². The van der Waals surface area contributed by atoms with Crippen LogP contribution in [0.2, 0.25) is 0 Å². The molecule has 0 aliphatic carbocycles. The summed E-state index contributed by atoms with van der Waals surface area (Å²) in [5, 5.41) is 8.05. The number of H-pyrrole nitrogens is 1. The Balaban J connectivity index is 1.52. The van der Waals surface area contributed by atoms with Gasteiger partial charge in [0.1, 0.15) is 0 Å². The van der Waals surface area contributed by atoms with Crippen molar-refractivity contribution in [1.82, 2.24) is 10.3 Å². The third kappa shape index (κ3) is 3.35. The Morgan fingerprint density at radius 3 is 3.00 bits per heavy atom. The first kappa shape index (κ1) is 13.5. The number of fused-ring (bicyclic) bond motifs is 1. The summed E-state index contributed by atoms with van der Waals surface area (Å²) in [6.07, 6.45) is 4.23. The Kier molecular flexibility index (Phi) is 4.28. The van der Waals surface area contributed by atoms with Crippen LogP contribution in [0.15, 0.2) is 30.5 Å². The van der Waals surface area contributed by atoms with Gasteiger partial charge in [-0.15, -0.1) is 11.8 Å². The highest BCUT2D eigenvalue weighted by atomic mass is 32.2. The molecule has 1 fully saturated rings. The maximum atomic E-state index is 12.0. The van der Waals surface area contributed by atoms with E-state index < -0.39 is 0 Å². The van der Waals surface area contributed by atoms with E-state index in [0.717, 1.165) is 42.5 Å². The van der Waals surface area contributed by atoms with E-state index in [-0.39, 0.29) is 5.91 Å². The predicted molar refractivity (Wildman–Crippen MR) is 85.3 cm³/mol. The zero-order valence-corrected chi connectivity index (χ0v) is 12.1. The Morgan fingerprint density at radius 2 is 2.15 bits per heavy atom. The van der Waals surface area contributed by atoms with E-state index >= 15 is 0 Å². The predicted octanol–water partition coefficient (Wildman–Crippen LogP) is 2.59. The molecule has 2 heterocycles. The van der Waals surface area contributed by atoms with Crippen molar-refractivity contribution in [2.45, 2.75) is 18.1 Å². The van der Waals surface area contributed by atoms with E-state index in [0.29, 0.717) is 11.0 Å². The smallest absolute Gasteiger partial charge is 0.234 e. The molecule has 0 saturated carbocycles. The van der Waals surface area contributed by atoms with Gasteiger partial charge in [0.15, 0.2) is 0 Å². The fourth-order valence-electron chi connectivity index (χ4n) is 2.48. The number of aromatic nitrogens is 1. The van der Waals surface area contributed by atoms with E-state index in [4.69, 9.17) is 0 Å². The van der Waals surface area contributed by atoms with Gasteiger partial charge in [0.2, 0.25) is 5.91 Å². The first-order valence-corrected chi connectivity index (χ1v) is 8.05. The molecular weight excluding hydrogens is 270 g/mol. The van der Waals surface area contributed by atoms with Gasteiger partial charge < -0.3 is 15.6 Å². The molecule has 0 atom stereocenters. The minimum absolute atomic E-state index is 0.0865. The SMILES string of the molecule is O=C(CSC1CCNCC1)Nc1ccc2[nH]ccc2c1. The number of carbonyl (C=O) groups is 1. The van der Waals surface area contributed by atoms with Crippen LogP contribution >= 0.6 is 11.8 Å². The molecule has 2 aromatic rings. The summed E-state index contributed by atoms with van der Waals surface area (Å²) in [7, 11) is 0. The number of nitrogens with one attached hydrogen (secondary N) is 3. The second kappa shape index (κ2) is 6.33. The van der Waals surface area contributed by atoms with E-state index in [1.54, 1.807) is 11.8 Å².